The Morgan fingerprint density at radius 1 is 0.562 bits per heavy atom. The average Bonchev–Trinajstić information content (AvgIpc) is 2.86. The molecule has 3 unspecified atom stereocenters. The summed E-state index contributed by atoms with van der Waals surface area (Å²) in [6.07, 6.45) is 8.07. The van der Waals surface area contributed by atoms with E-state index in [0.29, 0.717) is 5.54 Å². The van der Waals surface area contributed by atoms with Crippen LogP contribution in [0.3, 0.4) is 0 Å². The Balaban J connectivity index is 1.51. The van der Waals surface area contributed by atoms with Crippen molar-refractivity contribution in [2.24, 2.45) is 0 Å². The van der Waals surface area contributed by atoms with Crippen LogP contribution in [0.5, 0.6) is 0 Å². The van der Waals surface area contributed by atoms with Crippen LogP contribution in [0.4, 0.5) is 0 Å². The molecule has 8 heteroatoms. The largest absolute Gasteiger partial charge is 0.416 e. The maximum Gasteiger partial charge on any atom is 0.338 e. The van der Waals surface area contributed by atoms with Crippen molar-refractivity contribution < 1.29 is 16.5 Å². The Hall–Kier alpha value is -1.89. The maximum absolute atomic E-state index is 6.89. The molecule has 0 aromatic heterocycles. The van der Waals surface area contributed by atoms with Crippen LogP contribution >= 0.6 is 0 Å². The molecule has 3 aromatic carbocycles. The van der Waals surface area contributed by atoms with E-state index in [9.17, 15) is 0 Å². The lowest BCUT2D eigenvalue weighted by molar-refractivity contribution is 0.294. The first-order valence-electron chi connectivity index (χ1n) is 11.3. The van der Waals surface area contributed by atoms with Crippen molar-refractivity contribution in [3.8, 4) is 0 Å². The average molecular weight is 493 g/mol. The summed E-state index contributed by atoms with van der Waals surface area (Å²) in [7, 11) is -8.60. The molecule has 0 N–H and O–H groups in total. The van der Waals surface area contributed by atoms with Crippen LogP contribution in [0.25, 0.3) is 0 Å². The predicted octanol–water partition coefficient (Wildman–Crippen LogP) is 1.78. The molecule has 1 fully saturated rings. The summed E-state index contributed by atoms with van der Waals surface area (Å²) in [4.78, 5) is 0. The second-order valence-corrected chi connectivity index (χ2v) is 18.1. The van der Waals surface area contributed by atoms with Crippen molar-refractivity contribution >= 4 is 52.7 Å². The van der Waals surface area contributed by atoms with Crippen LogP contribution in [-0.4, -0.2) is 37.1 Å². The molecular weight excluding hydrogens is 465 g/mol. The summed E-state index contributed by atoms with van der Waals surface area (Å²) in [5.74, 6) is 0. The van der Waals surface area contributed by atoms with Gasteiger partial charge in [-0.1, -0.05) is 103 Å². The minimum absolute atomic E-state index is 0.364. The van der Waals surface area contributed by atoms with Crippen LogP contribution < -0.4 is 15.6 Å². The quantitative estimate of drug-likeness (QED) is 0.411. The molecule has 5 rings (SSSR count). The zero-order valence-electron chi connectivity index (χ0n) is 18.0. The molecule has 4 nitrogen and oxygen atoms in total. The van der Waals surface area contributed by atoms with Crippen LogP contribution in [-0.2, 0) is 16.5 Å². The van der Waals surface area contributed by atoms with Gasteiger partial charge in [-0.25, -0.2) is 0 Å². The SMILES string of the molecule is C1=CC([SiH]2O[SiH](c3ccccc3)O[SiH](c3ccccc3)O[SiH](c3ccccc3)O2)CCC1. The van der Waals surface area contributed by atoms with Crippen LogP contribution in [0.1, 0.15) is 19.3 Å². The van der Waals surface area contributed by atoms with E-state index in [2.05, 4.69) is 84.9 Å². The molecule has 1 aliphatic heterocycles. The summed E-state index contributed by atoms with van der Waals surface area (Å²) in [6.45, 7) is 0. The number of allylic oxidation sites excluding steroid dienone is 2. The zero-order chi connectivity index (χ0) is 21.6. The second kappa shape index (κ2) is 10.8. The number of hydrogen-bond acceptors (Lipinski definition) is 4. The number of hydrogen-bond donors (Lipinski definition) is 0. The van der Waals surface area contributed by atoms with Gasteiger partial charge in [0.15, 0.2) is 0 Å². The van der Waals surface area contributed by atoms with E-state index < -0.39 is 37.1 Å². The lowest BCUT2D eigenvalue weighted by atomic mass is 10.1. The highest BCUT2D eigenvalue weighted by Crippen LogP contribution is 2.28. The number of rotatable bonds is 4. The summed E-state index contributed by atoms with van der Waals surface area (Å²) in [5.41, 5.74) is 0.364. The molecule has 3 atom stereocenters. The Morgan fingerprint density at radius 3 is 1.41 bits per heavy atom. The minimum Gasteiger partial charge on any atom is -0.416 e. The van der Waals surface area contributed by atoms with Crippen molar-refractivity contribution in [1.82, 2.24) is 0 Å². The van der Waals surface area contributed by atoms with Crippen molar-refractivity contribution in [3.63, 3.8) is 0 Å². The second-order valence-electron chi connectivity index (χ2n) is 8.16. The van der Waals surface area contributed by atoms with Gasteiger partial charge < -0.3 is 16.5 Å². The van der Waals surface area contributed by atoms with Gasteiger partial charge in [0.1, 0.15) is 0 Å². The van der Waals surface area contributed by atoms with E-state index in [1.165, 1.54) is 6.42 Å². The molecule has 32 heavy (non-hydrogen) atoms. The standard InChI is InChI=1S/C24H28O4Si4/c1-5-13-21(14-6-1)29-25-30(22-15-7-2-8-16-22)27-32(24-19-11-4-12-20-24)28-31(26-29)23-17-9-3-10-18-23/h1-3,5-11,13-19,24,29-32H,4,12,20H2. The van der Waals surface area contributed by atoms with E-state index in [1.54, 1.807) is 0 Å². The van der Waals surface area contributed by atoms with Crippen molar-refractivity contribution in [2.75, 3.05) is 0 Å². The highest BCUT2D eigenvalue weighted by atomic mass is 28.5. The molecule has 2 aliphatic rings. The van der Waals surface area contributed by atoms with Gasteiger partial charge in [-0.2, -0.15) is 0 Å². The fourth-order valence-electron chi connectivity index (χ4n) is 4.17. The third-order valence-electron chi connectivity index (χ3n) is 5.87. The normalized spacial score (nSPS) is 28.6. The van der Waals surface area contributed by atoms with Crippen molar-refractivity contribution in [3.05, 3.63) is 103 Å². The smallest absolute Gasteiger partial charge is 0.338 e. The van der Waals surface area contributed by atoms with Gasteiger partial charge in [-0.05, 0) is 34.8 Å². The Bertz CT molecular complexity index is 955. The van der Waals surface area contributed by atoms with Gasteiger partial charge in [0.2, 0.25) is 0 Å². The topological polar surface area (TPSA) is 36.9 Å². The molecule has 164 valence electrons. The molecule has 3 aromatic rings. The number of benzene rings is 3. The highest BCUT2D eigenvalue weighted by Gasteiger charge is 2.40. The first kappa shape index (κ1) is 21.9. The molecule has 0 amide bonds. The van der Waals surface area contributed by atoms with Gasteiger partial charge in [0.25, 0.3) is 0 Å². The Labute approximate surface area is 196 Å². The van der Waals surface area contributed by atoms with Gasteiger partial charge in [-0.3, -0.25) is 0 Å². The Morgan fingerprint density at radius 2 is 1.00 bits per heavy atom. The monoisotopic (exact) mass is 492 g/mol. The summed E-state index contributed by atoms with van der Waals surface area (Å²) in [5, 5.41) is 3.45. The molecule has 0 saturated carbocycles. The van der Waals surface area contributed by atoms with Crippen molar-refractivity contribution in [2.45, 2.75) is 24.8 Å². The fraction of sp³-hybridized carbons (Fsp3) is 0.167. The molecule has 0 radical (unpaired) electrons. The summed E-state index contributed by atoms with van der Waals surface area (Å²) < 4.78 is 27.5. The molecule has 0 spiro atoms. The van der Waals surface area contributed by atoms with Crippen LogP contribution in [0, 0.1) is 0 Å². The predicted molar refractivity (Wildman–Crippen MR) is 138 cm³/mol. The zero-order valence-corrected chi connectivity index (χ0v) is 22.6. The highest BCUT2D eigenvalue weighted by molar-refractivity contribution is 6.85. The van der Waals surface area contributed by atoms with E-state index in [-0.39, 0.29) is 0 Å². The molecule has 1 saturated heterocycles. The third-order valence-corrected chi connectivity index (χ3v) is 18.0. The van der Waals surface area contributed by atoms with E-state index in [4.69, 9.17) is 16.5 Å². The van der Waals surface area contributed by atoms with E-state index in [0.717, 1.165) is 28.4 Å². The van der Waals surface area contributed by atoms with Gasteiger partial charge in [-0.15, -0.1) is 0 Å². The minimum atomic E-state index is -2.21. The molecule has 1 aliphatic carbocycles. The summed E-state index contributed by atoms with van der Waals surface area (Å²) >= 11 is 0. The van der Waals surface area contributed by atoms with E-state index >= 15 is 0 Å². The van der Waals surface area contributed by atoms with E-state index in [1.807, 2.05) is 18.2 Å². The lowest BCUT2D eigenvalue weighted by Crippen LogP contribution is -2.59. The Kier molecular flexibility index (Phi) is 7.41. The van der Waals surface area contributed by atoms with Gasteiger partial charge in [0.05, 0.1) is 0 Å². The first-order valence-corrected chi connectivity index (χ1v) is 17.5. The van der Waals surface area contributed by atoms with Crippen LogP contribution in [0.15, 0.2) is 103 Å². The molecule has 1 heterocycles. The van der Waals surface area contributed by atoms with Crippen molar-refractivity contribution in [1.29, 1.82) is 0 Å². The van der Waals surface area contributed by atoms with Gasteiger partial charge >= 0.3 is 37.1 Å². The lowest BCUT2D eigenvalue weighted by Gasteiger charge is -2.37. The molecular formula is C24H28O4Si4. The molecule has 0 bridgehead atoms. The third kappa shape index (κ3) is 5.35. The fourth-order valence-corrected chi connectivity index (χ4v) is 19.1. The first-order chi connectivity index (χ1) is 15.9. The summed E-state index contributed by atoms with van der Waals surface area (Å²) in [6, 6.07) is 31.2. The van der Waals surface area contributed by atoms with Crippen LogP contribution in [0.2, 0.25) is 5.54 Å². The van der Waals surface area contributed by atoms with Gasteiger partial charge in [0, 0.05) is 5.54 Å². The maximum atomic E-state index is 6.89.